The smallest absolute Gasteiger partial charge is 0.240 e. The number of nitrogens with two attached hydrogens (primary N) is 1. The van der Waals surface area contributed by atoms with Crippen molar-refractivity contribution < 1.29 is 4.79 Å². The van der Waals surface area contributed by atoms with Gasteiger partial charge in [0.25, 0.3) is 0 Å². The minimum absolute atomic E-state index is 0. The number of rotatable bonds is 8. The maximum Gasteiger partial charge on any atom is 0.240 e. The van der Waals surface area contributed by atoms with Crippen LogP contribution < -0.4 is 11.1 Å². The molecule has 0 fully saturated rings. The number of halogens is 1. The fourth-order valence-electron chi connectivity index (χ4n) is 2.46. The van der Waals surface area contributed by atoms with Crippen molar-refractivity contribution in [3.8, 4) is 0 Å². The summed E-state index contributed by atoms with van der Waals surface area (Å²) in [5.41, 5.74) is 6.58. The van der Waals surface area contributed by atoms with Crippen LogP contribution in [-0.4, -0.2) is 17.5 Å². The summed E-state index contributed by atoms with van der Waals surface area (Å²) < 4.78 is 0. The molecule has 1 aromatic carbocycles. The molecule has 0 aliphatic rings. The van der Waals surface area contributed by atoms with Crippen LogP contribution in [0.15, 0.2) is 30.3 Å². The van der Waals surface area contributed by atoms with Crippen molar-refractivity contribution in [1.29, 1.82) is 0 Å². The Balaban J connectivity index is 0.00000400. The topological polar surface area (TPSA) is 55.1 Å². The molecule has 0 aromatic heterocycles. The van der Waals surface area contributed by atoms with Crippen LogP contribution in [0.2, 0.25) is 0 Å². The van der Waals surface area contributed by atoms with Gasteiger partial charge in [-0.05, 0) is 31.7 Å². The Bertz CT molecular complexity index is 407. The quantitative estimate of drug-likeness (QED) is 0.772. The van der Waals surface area contributed by atoms with Crippen molar-refractivity contribution in [1.82, 2.24) is 5.32 Å². The Morgan fingerprint density at radius 1 is 1.24 bits per heavy atom. The number of nitrogens with one attached hydrogen (secondary N) is 1. The first-order chi connectivity index (χ1) is 9.49. The molecule has 0 saturated carbocycles. The van der Waals surface area contributed by atoms with Crippen LogP contribution >= 0.6 is 12.4 Å². The predicted octanol–water partition coefficient (Wildman–Crippen LogP) is 3.45. The standard InChI is InChI=1S/C17H28N2O.ClH/c1-4-9-15(13-14-10-7-6-8-11-14)19-16(20)17(3,18)12-5-2;/h6-8,10-11,15H,4-5,9,12-13,18H2,1-3H3,(H,19,20);1H. The molecule has 0 aliphatic heterocycles. The Kier molecular flexibility index (Phi) is 9.31. The molecule has 21 heavy (non-hydrogen) atoms. The van der Waals surface area contributed by atoms with Crippen molar-refractivity contribution in [2.24, 2.45) is 5.73 Å². The van der Waals surface area contributed by atoms with Crippen molar-refractivity contribution >= 4 is 18.3 Å². The van der Waals surface area contributed by atoms with Crippen LogP contribution in [-0.2, 0) is 11.2 Å². The van der Waals surface area contributed by atoms with Gasteiger partial charge in [0.1, 0.15) is 0 Å². The van der Waals surface area contributed by atoms with Crippen LogP contribution in [0.25, 0.3) is 0 Å². The molecule has 0 spiro atoms. The van der Waals surface area contributed by atoms with Gasteiger partial charge < -0.3 is 11.1 Å². The number of amides is 1. The highest BCUT2D eigenvalue weighted by molar-refractivity contribution is 5.86. The monoisotopic (exact) mass is 312 g/mol. The number of hydrogen-bond donors (Lipinski definition) is 2. The molecule has 0 heterocycles. The fourth-order valence-corrected chi connectivity index (χ4v) is 2.46. The van der Waals surface area contributed by atoms with Gasteiger partial charge >= 0.3 is 0 Å². The lowest BCUT2D eigenvalue weighted by Gasteiger charge is -2.27. The molecule has 1 rings (SSSR count). The first kappa shape index (κ1) is 19.9. The molecule has 3 nitrogen and oxygen atoms in total. The van der Waals surface area contributed by atoms with Gasteiger partial charge in [-0.2, -0.15) is 0 Å². The summed E-state index contributed by atoms with van der Waals surface area (Å²) in [6.45, 7) is 6.00. The first-order valence-corrected chi connectivity index (χ1v) is 7.63. The average molecular weight is 313 g/mol. The van der Waals surface area contributed by atoms with Crippen LogP contribution in [0, 0.1) is 0 Å². The third-order valence-corrected chi connectivity index (χ3v) is 3.59. The van der Waals surface area contributed by atoms with Crippen LogP contribution in [0.1, 0.15) is 52.0 Å². The Hall–Kier alpha value is -1.06. The van der Waals surface area contributed by atoms with E-state index in [1.807, 2.05) is 32.0 Å². The van der Waals surface area contributed by atoms with E-state index in [2.05, 4.69) is 24.4 Å². The molecule has 0 saturated heterocycles. The molecule has 2 atom stereocenters. The summed E-state index contributed by atoms with van der Waals surface area (Å²) in [4.78, 5) is 12.3. The third-order valence-electron chi connectivity index (χ3n) is 3.59. The fraction of sp³-hybridized carbons (Fsp3) is 0.588. The molecule has 0 radical (unpaired) electrons. The minimum atomic E-state index is -0.766. The van der Waals surface area contributed by atoms with E-state index in [1.165, 1.54) is 5.56 Å². The number of carbonyl (C=O) groups is 1. The van der Waals surface area contributed by atoms with Gasteiger partial charge in [-0.3, -0.25) is 4.79 Å². The van der Waals surface area contributed by atoms with Crippen molar-refractivity contribution in [2.75, 3.05) is 0 Å². The van der Waals surface area contributed by atoms with E-state index in [0.717, 1.165) is 25.7 Å². The van der Waals surface area contributed by atoms with Crippen LogP contribution in [0.3, 0.4) is 0 Å². The molecule has 0 aliphatic carbocycles. The largest absolute Gasteiger partial charge is 0.351 e. The van der Waals surface area contributed by atoms with E-state index in [-0.39, 0.29) is 24.4 Å². The second-order valence-electron chi connectivity index (χ2n) is 5.82. The lowest BCUT2D eigenvalue weighted by molar-refractivity contribution is -0.126. The molecule has 1 aromatic rings. The Morgan fingerprint density at radius 2 is 1.86 bits per heavy atom. The number of benzene rings is 1. The summed E-state index contributed by atoms with van der Waals surface area (Å²) in [7, 11) is 0. The third kappa shape index (κ3) is 6.96. The van der Waals surface area contributed by atoms with E-state index < -0.39 is 5.54 Å². The molecule has 2 unspecified atom stereocenters. The van der Waals surface area contributed by atoms with E-state index >= 15 is 0 Å². The van der Waals surface area contributed by atoms with E-state index in [4.69, 9.17) is 5.73 Å². The SMILES string of the molecule is CCCC(Cc1ccccc1)NC(=O)C(C)(N)CCC.Cl. The molecular formula is C17H29ClN2O. The highest BCUT2D eigenvalue weighted by Gasteiger charge is 2.28. The molecule has 1 amide bonds. The summed E-state index contributed by atoms with van der Waals surface area (Å²) in [6.07, 6.45) is 4.51. The summed E-state index contributed by atoms with van der Waals surface area (Å²) in [6, 6.07) is 10.4. The lowest BCUT2D eigenvalue weighted by atomic mass is 9.94. The van der Waals surface area contributed by atoms with Crippen molar-refractivity contribution in [2.45, 2.75) is 64.5 Å². The maximum absolute atomic E-state index is 12.3. The van der Waals surface area contributed by atoms with Gasteiger partial charge in [0.05, 0.1) is 5.54 Å². The van der Waals surface area contributed by atoms with Gasteiger partial charge in [-0.15, -0.1) is 12.4 Å². The van der Waals surface area contributed by atoms with Gasteiger partial charge in [-0.25, -0.2) is 0 Å². The Labute approximate surface area is 135 Å². The van der Waals surface area contributed by atoms with E-state index in [1.54, 1.807) is 0 Å². The summed E-state index contributed by atoms with van der Waals surface area (Å²) >= 11 is 0. The van der Waals surface area contributed by atoms with Gasteiger partial charge in [0.15, 0.2) is 0 Å². The normalized spacial score (nSPS) is 14.7. The van der Waals surface area contributed by atoms with Crippen LogP contribution in [0.4, 0.5) is 0 Å². The first-order valence-electron chi connectivity index (χ1n) is 7.63. The van der Waals surface area contributed by atoms with Gasteiger partial charge in [0.2, 0.25) is 5.91 Å². The molecular weight excluding hydrogens is 284 g/mol. The van der Waals surface area contributed by atoms with Gasteiger partial charge in [0, 0.05) is 6.04 Å². The highest BCUT2D eigenvalue weighted by atomic mass is 35.5. The summed E-state index contributed by atoms with van der Waals surface area (Å²) in [5.74, 6) is -0.0336. The van der Waals surface area contributed by atoms with E-state index in [9.17, 15) is 4.79 Å². The molecule has 0 bridgehead atoms. The molecule has 120 valence electrons. The zero-order chi connectivity index (χ0) is 15.0. The Morgan fingerprint density at radius 3 is 2.38 bits per heavy atom. The number of carbonyl (C=O) groups excluding carboxylic acids is 1. The number of hydrogen-bond acceptors (Lipinski definition) is 2. The minimum Gasteiger partial charge on any atom is -0.351 e. The van der Waals surface area contributed by atoms with Gasteiger partial charge in [-0.1, -0.05) is 57.0 Å². The van der Waals surface area contributed by atoms with Crippen molar-refractivity contribution in [3.63, 3.8) is 0 Å². The van der Waals surface area contributed by atoms with Crippen LogP contribution in [0.5, 0.6) is 0 Å². The van der Waals surface area contributed by atoms with Crippen molar-refractivity contribution in [3.05, 3.63) is 35.9 Å². The second-order valence-corrected chi connectivity index (χ2v) is 5.82. The summed E-state index contributed by atoms with van der Waals surface area (Å²) in [5, 5.41) is 3.13. The predicted molar refractivity (Wildman–Crippen MR) is 91.7 cm³/mol. The molecule has 4 heteroatoms. The average Bonchev–Trinajstić information content (AvgIpc) is 2.40. The molecule has 3 N–H and O–H groups in total. The highest BCUT2D eigenvalue weighted by Crippen LogP contribution is 2.12. The lowest BCUT2D eigenvalue weighted by Crippen LogP contribution is -2.54. The zero-order valence-corrected chi connectivity index (χ0v) is 14.2. The van der Waals surface area contributed by atoms with E-state index in [0.29, 0.717) is 6.42 Å². The maximum atomic E-state index is 12.3. The zero-order valence-electron chi connectivity index (χ0n) is 13.4. The second kappa shape index (κ2) is 9.80.